The van der Waals surface area contributed by atoms with E-state index in [9.17, 15) is 111 Å². The molecular weight excluding hydrogens is 1500 g/mol. The number of fused-ring (bicyclic) bond motifs is 5. The third-order valence-corrected chi connectivity index (χ3v) is 28.6. The molecule has 0 saturated heterocycles. The molecule has 0 fully saturated rings. The average molecular weight is 1560 g/mol. The van der Waals surface area contributed by atoms with Gasteiger partial charge in [0, 0.05) is 29.6 Å². The second kappa shape index (κ2) is 23.4. The zero-order valence-corrected chi connectivity index (χ0v) is 62.0. The second-order valence-corrected chi connectivity index (χ2v) is 33.6. The number of carboxylic acids is 10. The van der Waals surface area contributed by atoms with Crippen molar-refractivity contribution in [2.75, 3.05) is 0 Å². The molecule has 11 aliphatic carbocycles. The van der Waals surface area contributed by atoms with E-state index in [-0.39, 0.29) is 0 Å². The van der Waals surface area contributed by atoms with Crippen molar-refractivity contribution in [2.45, 2.75) is 126 Å². The van der Waals surface area contributed by atoms with Crippen molar-refractivity contribution < 1.29 is 99.0 Å². The molecule has 0 bridgehead atoms. The lowest BCUT2D eigenvalue weighted by Crippen LogP contribution is -2.65. The topological polar surface area (TPSA) is 373 Å². The minimum atomic E-state index is -2.00. The number of alkyl halides is 1. The van der Waals surface area contributed by atoms with E-state index in [1.54, 1.807) is 36.4 Å². The summed E-state index contributed by atoms with van der Waals surface area (Å²) in [7, 11) is 0. The maximum Gasteiger partial charge on any atom is 0.303 e. The van der Waals surface area contributed by atoms with Gasteiger partial charge >= 0.3 is 59.7 Å². The predicted octanol–water partition coefficient (Wildman–Crippen LogP) is 15.4. The highest BCUT2D eigenvalue weighted by Gasteiger charge is 2.87. The Hall–Kier alpha value is -13.3. The maximum absolute atomic E-state index is 12.9. The van der Waals surface area contributed by atoms with Gasteiger partial charge in [0.15, 0.2) is 0 Å². The Bertz CT molecular complexity index is 6060. The maximum atomic E-state index is 12.9. The lowest BCUT2D eigenvalue weighted by atomic mass is 9.40. The summed E-state index contributed by atoms with van der Waals surface area (Å²) in [4.78, 5) is 127. The highest BCUT2D eigenvalue weighted by atomic mass is 35.5. The van der Waals surface area contributed by atoms with Gasteiger partial charge in [-0.2, -0.15) is 0 Å². The van der Waals surface area contributed by atoms with E-state index in [0.717, 1.165) is 122 Å². The Morgan fingerprint density at radius 1 is 0.216 bits per heavy atom. The molecule has 0 aromatic heterocycles. The number of carbonyl (C=O) groups is 10. The molecule has 20 nitrogen and oxygen atoms in total. The molecule has 116 heavy (non-hydrogen) atoms. The lowest BCUT2D eigenvalue weighted by molar-refractivity contribution is -0.141. The van der Waals surface area contributed by atoms with Crippen LogP contribution in [0, 0.1) is 0 Å². The van der Waals surface area contributed by atoms with Gasteiger partial charge in [-0.25, -0.2) is 0 Å². The molecular formula is C95H65ClO20. The molecule has 21 heteroatoms. The van der Waals surface area contributed by atoms with Crippen LogP contribution in [0.25, 0.3) is 55.6 Å². The molecule has 6 atom stereocenters. The van der Waals surface area contributed by atoms with Crippen LogP contribution >= 0.6 is 11.6 Å². The van der Waals surface area contributed by atoms with Crippen molar-refractivity contribution in [1.29, 1.82) is 0 Å². The Labute approximate surface area is 663 Å². The Morgan fingerprint density at radius 2 is 0.371 bits per heavy atom. The van der Waals surface area contributed by atoms with Crippen molar-refractivity contribution in [1.82, 2.24) is 0 Å². The highest BCUT2D eigenvalue weighted by Crippen LogP contribution is 2.92. The fourth-order valence-corrected chi connectivity index (χ4v) is 25.5. The normalized spacial score (nSPS) is 22.0. The number of allylic oxidation sites excluding steroid dienone is 4. The summed E-state index contributed by atoms with van der Waals surface area (Å²) in [6, 6.07) is 59.3. The Kier molecular flexibility index (Phi) is 14.2. The zero-order chi connectivity index (χ0) is 80.6. The van der Waals surface area contributed by atoms with Crippen molar-refractivity contribution in [3.05, 3.63) is 316 Å². The van der Waals surface area contributed by atoms with Crippen LogP contribution in [0.3, 0.4) is 0 Å². The van der Waals surface area contributed by atoms with Gasteiger partial charge in [0.05, 0.1) is 91.3 Å². The summed E-state index contributed by atoms with van der Waals surface area (Å²) in [5, 5.41) is 105. The van der Waals surface area contributed by atoms with Gasteiger partial charge < -0.3 is 51.1 Å². The largest absolute Gasteiger partial charge is 0.481 e. The molecule has 0 amide bonds. The zero-order valence-electron chi connectivity index (χ0n) is 61.2. The van der Waals surface area contributed by atoms with E-state index in [4.69, 9.17) is 0 Å². The minimum absolute atomic E-state index is 0.423. The molecule has 0 spiro atoms. The van der Waals surface area contributed by atoms with Gasteiger partial charge in [-0.1, -0.05) is 182 Å². The van der Waals surface area contributed by atoms with Crippen LogP contribution in [0.5, 0.6) is 0 Å². The number of hydrogen-bond donors (Lipinski definition) is 10. The second-order valence-electron chi connectivity index (χ2n) is 33.0. The summed E-state index contributed by atoms with van der Waals surface area (Å²) < 4.78 is 0. The average Bonchev–Trinajstić information content (AvgIpc) is 1.39. The first-order valence-corrected chi connectivity index (χ1v) is 38.8. The molecule has 10 aromatic rings. The quantitative estimate of drug-likeness (QED) is 0.0187. The number of halogens is 1. The number of rotatable bonds is 30. The van der Waals surface area contributed by atoms with E-state index in [0.29, 0.717) is 66.8 Å². The molecule has 572 valence electrons. The van der Waals surface area contributed by atoms with Gasteiger partial charge in [0.25, 0.3) is 0 Å². The van der Waals surface area contributed by atoms with Gasteiger partial charge in [-0.05, 0) is 189 Å². The standard InChI is InChI=1S/C95H65ClO20/c96-95-88-86-87-89(95)93(54-17-7-44(8-18-54)49(37-72(109)110)38-73(111)112)81-61-26-24-59-57-22-21-56-58-23-25-60-62-27-29-64-65-30-28-63(61)83(93)85(65)94(95,55-19-9-45(10-20-55)50(39-74(113)114)40-75(115)116)84(64)82(62)92(88,53-15-5-43(6-16-53)48(35-70(105)106)36-71(107)108)80(60)78(58)90(86,51-11-1-41(2-12-51)46(31-66(97)98)32-67(99)100)76(56)77(57)91(87,79(59)81)52-13-3-42(4-14-52)47(33-68(101)102)34-69(103)104/h1-30,46-50H,31-40H2,(H,97,98)(H,99,100)(H,101,102)(H,103,104)(H,105,106)(H,107,108)(H,109,110)(H,111,112)(H,113,114)(H,115,116)/t90-,91+,92-,93+,94?,95?. The van der Waals surface area contributed by atoms with E-state index in [2.05, 4.69) is 60.7 Å². The molecule has 2 unspecified atom stereocenters. The van der Waals surface area contributed by atoms with Crippen molar-refractivity contribution in [2.24, 2.45) is 0 Å². The third-order valence-electron chi connectivity index (χ3n) is 28.0. The van der Waals surface area contributed by atoms with Crippen molar-refractivity contribution in [3.63, 3.8) is 0 Å². The van der Waals surface area contributed by atoms with Gasteiger partial charge in [0.2, 0.25) is 0 Å². The molecule has 0 aliphatic heterocycles. The summed E-state index contributed by atoms with van der Waals surface area (Å²) >= 11 is 10.6. The highest BCUT2D eigenvalue weighted by molar-refractivity contribution is 6.35. The number of benzene rings is 10. The van der Waals surface area contributed by atoms with Gasteiger partial charge in [0.1, 0.15) is 4.87 Å². The first-order valence-electron chi connectivity index (χ1n) is 38.4. The molecule has 11 aliphatic rings. The van der Waals surface area contributed by atoms with Crippen molar-refractivity contribution >= 4 is 71.3 Å². The summed E-state index contributed by atoms with van der Waals surface area (Å²) in [6.07, 6.45) is -5.22. The molecule has 0 saturated carbocycles. The van der Waals surface area contributed by atoms with E-state index < -0.39 is 185 Å². The number of hydrogen-bond acceptors (Lipinski definition) is 10. The molecule has 0 radical (unpaired) electrons. The van der Waals surface area contributed by atoms with E-state index >= 15 is 0 Å². The summed E-state index contributed by atoms with van der Waals surface area (Å²) in [5.74, 6) is -17.2. The molecule has 0 heterocycles. The Morgan fingerprint density at radius 3 is 0.560 bits per heavy atom. The van der Waals surface area contributed by atoms with Crippen LogP contribution in [-0.2, 0) is 75.0 Å². The van der Waals surface area contributed by atoms with Gasteiger partial charge in [-0.15, -0.1) is 11.6 Å². The van der Waals surface area contributed by atoms with Crippen molar-refractivity contribution in [3.8, 4) is 55.6 Å². The van der Waals surface area contributed by atoms with Crippen LogP contribution in [0.4, 0.5) is 0 Å². The lowest BCUT2D eigenvalue weighted by Gasteiger charge is -2.64. The summed E-state index contributed by atoms with van der Waals surface area (Å²) in [6.45, 7) is 0. The first kappa shape index (κ1) is 70.5. The van der Waals surface area contributed by atoms with Crippen LogP contribution in [0.15, 0.2) is 204 Å². The first-order chi connectivity index (χ1) is 55.6. The molecule has 10 aromatic carbocycles. The molecule has 10 N–H and O–H groups in total. The smallest absolute Gasteiger partial charge is 0.303 e. The molecule has 21 rings (SSSR count). The Balaban J connectivity index is 1.01. The van der Waals surface area contributed by atoms with Crippen LogP contribution < -0.4 is 0 Å². The van der Waals surface area contributed by atoms with E-state index in [1.165, 1.54) is 0 Å². The van der Waals surface area contributed by atoms with Crippen LogP contribution in [0.1, 0.15) is 205 Å². The fourth-order valence-electron chi connectivity index (χ4n) is 24.8. The minimum Gasteiger partial charge on any atom is -0.481 e. The predicted molar refractivity (Wildman–Crippen MR) is 418 cm³/mol. The number of aliphatic carboxylic acids is 10. The monoisotopic (exact) mass is 1560 g/mol. The van der Waals surface area contributed by atoms with E-state index in [1.807, 2.05) is 84.9 Å². The SMILES string of the molecule is O=C(O)CC(CC(=O)O)c1ccc(C23c4c5ccc6c4[C@@]4(c7ccc(C(CC(=O)O)CC(=O)O)cc7)C7=C8C9=C(C72Cl)[C@@]2(c7ccc(C(CC(=O)O)CC(=O)O)cc7)c7c(ccc-5c73)-c3ccc5c(c32)[C@@]9(c2ccc(C(CC(=O)O)CC(=O)O)cc2)c2c-5ccc3c2[C@@]8(c2ccc(C(CC(=O)O)CC(=O)O)cc2)c2c-3ccc-6c24)cc1. The van der Waals surface area contributed by atoms with Crippen LogP contribution in [-0.4, -0.2) is 116 Å². The summed E-state index contributed by atoms with van der Waals surface area (Å²) in [5.41, 5.74) is 17.4. The number of carboxylic acid groups (broad SMARTS) is 10. The third kappa shape index (κ3) is 8.23. The van der Waals surface area contributed by atoms with Gasteiger partial charge in [-0.3, -0.25) is 47.9 Å². The van der Waals surface area contributed by atoms with Crippen LogP contribution in [0.2, 0.25) is 0 Å². The fraction of sp³-hybridized carbons (Fsp3) is 0.221.